The number of fused-ring (bicyclic) bond motifs is 10. The van der Waals surface area contributed by atoms with E-state index >= 15 is 0 Å². The molecule has 2 aromatic heterocycles. The zero-order valence-electron chi connectivity index (χ0n) is 27.0. The molecule has 2 heteroatoms. The van der Waals surface area contributed by atoms with Gasteiger partial charge in [-0.1, -0.05) is 133 Å². The fourth-order valence-corrected chi connectivity index (χ4v) is 8.19. The molecule has 0 atom stereocenters. The minimum Gasteiger partial charge on any atom is -0.456 e. The first-order valence-electron chi connectivity index (χ1n) is 17.1. The van der Waals surface area contributed by atoms with Crippen molar-refractivity contribution in [1.29, 1.82) is 0 Å². The standard InChI is InChI=1S/C48H28O2/c1-2-10-34-30(9-1)22-26-44-48(34)40-24-21-33(28-45(40)50-44)47-38-14-5-3-12-36(38)46(37-13-4-6-15-39(37)47)31-19-17-29(18-20-31)32-23-25-43-41(27-32)35-11-7-8-16-42(35)49-43/h1-28H. The highest BCUT2D eigenvalue weighted by Gasteiger charge is 2.18. The van der Waals surface area contributed by atoms with E-state index in [9.17, 15) is 0 Å². The van der Waals surface area contributed by atoms with Gasteiger partial charge < -0.3 is 8.83 Å². The summed E-state index contributed by atoms with van der Waals surface area (Å²) in [4.78, 5) is 0. The largest absolute Gasteiger partial charge is 0.456 e. The third-order valence-corrected chi connectivity index (χ3v) is 10.5. The molecule has 9 aromatic carbocycles. The molecule has 0 aliphatic rings. The van der Waals surface area contributed by atoms with Crippen molar-refractivity contribution in [3.05, 3.63) is 170 Å². The Bertz CT molecular complexity index is 3080. The Hall–Kier alpha value is -6.64. The fourth-order valence-electron chi connectivity index (χ4n) is 8.19. The van der Waals surface area contributed by atoms with E-state index in [1.165, 1.54) is 65.5 Å². The molecule has 50 heavy (non-hydrogen) atoms. The smallest absolute Gasteiger partial charge is 0.136 e. The molecule has 232 valence electrons. The molecule has 0 aliphatic carbocycles. The van der Waals surface area contributed by atoms with Gasteiger partial charge in [0.05, 0.1) is 0 Å². The van der Waals surface area contributed by atoms with E-state index in [-0.39, 0.29) is 0 Å². The lowest BCUT2D eigenvalue weighted by molar-refractivity contribution is 0.668. The summed E-state index contributed by atoms with van der Waals surface area (Å²) in [5.41, 5.74) is 10.8. The van der Waals surface area contributed by atoms with Crippen LogP contribution in [0.15, 0.2) is 179 Å². The first-order valence-corrected chi connectivity index (χ1v) is 17.1. The highest BCUT2D eigenvalue weighted by Crippen LogP contribution is 2.45. The Balaban J connectivity index is 1.08. The van der Waals surface area contributed by atoms with Crippen molar-refractivity contribution in [1.82, 2.24) is 0 Å². The van der Waals surface area contributed by atoms with E-state index in [2.05, 4.69) is 158 Å². The van der Waals surface area contributed by atoms with Crippen molar-refractivity contribution >= 4 is 76.2 Å². The molecule has 0 fully saturated rings. The Kier molecular flexibility index (Phi) is 5.70. The second-order valence-electron chi connectivity index (χ2n) is 13.2. The third kappa shape index (κ3) is 3.96. The summed E-state index contributed by atoms with van der Waals surface area (Å²) >= 11 is 0. The lowest BCUT2D eigenvalue weighted by atomic mass is 9.85. The van der Waals surface area contributed by atoms with Gasteiger partial charge >= 0.3 is 0 Å². The molecule has 0 spiro atoms. The molecule has 0 amide bonds. The maximum atomic E-state index is 6.52. The molecule has 0 saturated heterocycles. The summed E-state index contributed by atoms with van der Waals surface area (Å²) in [6.07, 6.45) is 0. The molecule has 0 aliphatic heterocycles. The SMILES string of the molecule is c1ccc2c(c1)ccc1oc3cc(-c4c5ccccc5c(-c5ccc(-c6ccc7oc8ccccc8c7c6)cc5)c5ccccc45)ccc3c12. The second kappa shape index (κ2) is 10.4. The van der Waals surface area contributed by atoms with Crippen LogP contribution in [0.4, 0.5) is 0 Å². The lowest BCUT2D eigenvalue weighted by Gasteiger charge is -2.18. The number of hydrogen-bond donors (Lipinski definition) is 0. The van der Waals surface area contributed by atoms with Crippen molar-refractivity contribution in [2.45, 2.75) is 0 Å². The summed E-state index contributed by atoms with van der Waals surface area (Å²) < 4.78 is 12.6. The minimum atomic E-state index is 0.906. The monoisotopic (exact) mass is 636 g/mol. The topological polar surface area (TPSA) is 26.3 Å². The predicted octanol–water partition coefficient (Wildman–Crippen LogP) is 13.9. The maximum absolute atomic E-state index is 6.52. The van der Waals surface area contributed by atoms with Crippen LogP contribution in [0, 0.1) is 0 Å². The molecule has 0 saturated carbocycles. The second-order valence-corrected chi connectivity index (χ2v) is 13.2. The summed E-state index contributed by atoms with van der Waals surface area (Å²) in [6.45, 7) is 0. The molecule has 0 unspecified atom stereocenters. The third-order valence-electron chi connectivity index (χ3n) is 10.5. The van der Waals surface area contributed by atoms with E-state index in [4.69, 9.17) is 8.83 Å². The van der Waals surface area contributed by atoms with Crippen molar-refractivity contribution in [2.24, 2.45) is 0 Å². The van der Waals surface area contributed by atoms with Crippen LogP contribution in [0.2, 0.25) is 0 Å². The molecule has 0 bridgehead atoms. The van der Waals surface area contributed by atoms with Crippen LogP contribution >= 0.6 is 0 Å². The summed E-state index contributed by atoms with van der Waals surface area (Å²) in [5.74, 6) is 0. The average molecular weight is 637 g/mol. The molecule has 11 aromatic rings. The highest BCUT2D eigenvalue weighted by molar-refractivity contribution is 6.23. The zero-order chi connectivity index (χ0) is 32.8. The number of furan rings is 2. The van der Waals surface area contributed by atoms with Crippen molar-refractivity contribution < 1.29 is 8.83 Å². The van der Waals surface area contributed by atoms with Crippen LogP contribution in [0.3, 0.4) is 0 Å². The van der Waals surface area contributed by atoms with Gasteiger partial charge in [0.2, 0.25) is 0 Å². The Morgan fingerprint density at radius 1 is 0.260 bits per heavy atom. The molecule has 2 heterocycles. The fraction of sp³-hybridized carbons (Fsp3) is 0. The van der Waals surface area contributed by atoms with E-state index in [0.29, 0.717) is 0 Å². The number of para-hydroxylation sites is 1. The first kappa shape index (κ1) is 27.3. The molecule has 0 radical (unpaired) electrons. The van der Waals surface area contributed by atoms with Gasteiger partial charge in [-0.3, -0.25) is 0 Å². The van der Waals surface area contributed by atoms with E-state index < -0.39 is 0 Å². The van der Waals surface area contributed by atoms with Gasteiger partial charge in [-0.05, 0) is 102 Å². The van der Waals surface area contributed by atoms with Gasteiger partial charge in [0.1, 0.15) is 22.3 Å². The van der Waals surface area contributed by atoms with Crippen LogP contribution in [0.5, 0.6) is 0 Å². The van der Waals surface area contributed by atoms with Gasteiger partial charge in [-0.15, -0.1) is 0 Å². The van der Waals surface area contributed by atoms with Crippen LogP contribution in [-0.2, 0) is 0 Å². The average Bonchev–Trinajstić information content (AvgIpc) is 3.75. The van der Waals surface area contributed by atoms with Gasteiger partial charge in [0, 0.05) is 21.5 Å². The minimum absolute atomic E-state index is 0.906. The van der Waals surface area contributed by atoms with Gasteiger partial charge in [-0.2, -0.15) is 0 Å². The predicted molar refractivity (Wildman–Crippen MR) is 210 cm³/mol. The number of hydrogen-bond acceptors (Lipinski definition) is 2. The first-order chi connectivity index (χ1) is 24.8. The van der Waals surface area contributed by atoms with Crippen LogP contribution in [0.25, 0.3) is 110 Å². The van der Waals surface area contributed by atoms with Gasteiger partial charge in [-0.25, -0.2) is 0 Å². The van der Waals surface area contributed by atoms with Crippen molar-refractivity contribution in [3.8, 4) is 33.4 Å². The van der Waals surface area contributed by atoms with Gasteiger partial charge in [0.15, 0.2) is 0 Å². The van der Waals surface area contributed by atoms with Crippen molar-refractivity contribution in [2.75, 3.05) is 0 Å². The van der Waals surface area contributed by atoms with Gasteiger partial charge in [0.25, 0.3) is 0 Å². The summed E-state index contributed by atoms with van der Waals surface area (Å²) in [5, 5.41) is 12.0. The molecule has 2 nitrogen and oxygen atoms in total. The Morgan fingerprint density at radius 2 is 0.780 bits per heavy atom. The maximum Gasteiger partial charge on any atom is 0.136 e. The van der Waals surface area contributed by atoms with E-state index in [1.807, 2.05) is 12.1 Å². The Morgan fingerprint density at radius 3 is 1.52 bits per heavy atom. The molecule has 0 N–H and O–H groups in total. The van der Waals surface area contributed by atoms with Crippen molar-refractivity contribution in [3.63, 3.8) is 0 Å². The normalized spacial score (nSPS) is 12.0. The summed E-state index contributed by atoms with van der Waals surface area (Å²) in [7, 11) is 0. The van der Waals surface area contributed by atoms with E-state index in [0.717, 1.165) is 44.1 Å². The quantitative estimate of drug-likeness (QED) is 0.180. The number of rotatable bonds is 3. The molecular formula is C48H28O2. The molecule has 11 rings (SSSR count). The Labute approximate surface area is 287 Å². The molecular weight excluding hydrogens is 609 g/mol. The van der Waals surface area contributed by atoms with Crippen LogP contribution in [0.1, 0.15) is 0 Å². The van der Waals surface area contributed by atoms with E-state index in [1.54, 1.807) is 0 Å². The lowest BCUT2D eigenvalue weighted by Crippen LogP contribution is -1.91. The van der Waals surface area contributed by atoms with Crippen LogP contribution < -0.4 is 0 Å². The number of benzene rings is 9. The highest BCUT2D eigenvalue weighted by atomic mass is 16.3. The van der Waals surface area contributed by atoms with Crippen LogP contribution in [-0.4, -0.2) is 0 Å². The summed E-state index contributed by atoms with van der Waals surface area (Å²) in [6, 6.07) is 60.9. The zero-order valence-corrected chi connectivity index (χ0v) is 27.0.